The summed E-state index contributed by atoms with van der Waals surface area (Å²) in [6.45, 7) is 0. The van der Waals surface area contributed by atoms with Gasteiger partial charge in [0.2, 0.25) is 5.75 Å². The lowest BCUT2D eigenvalue weighted by Gasteiger charge is -2.12. The van der Waals surface area contributed by atoms with Crippen LogP contribution >= 0.6 is 0 Å². The first-order valence-corrected chi connectivity index (χ1v) is 10.4. The van der Waals surface area contributed by atoms with Gasteiger partial charge in [0.1, 0.15) is 5.76 Å². The Balaban J connectivity index is 1.70. The number of methoxy groups -OCH3 is 2. The van der Waals surface area contributed by atoms with Crippen LogP contribution in [-0.4, -0.2) is 20.4 Å². The van der Waals surface area contributed by atoms with Crippen molar-refractivity contribution in [2.75, 3.05) is 14.2 Å². The van der Waals surface area contributed by atoms with Crippen LogP contribution < -0.4 is 9.47 Å². The largest absolute Gasteiger partial charge is 0.493 e. The molecule has 0 saturated heterocycles. The highest BCUT2D eigenvalue weighted by molar-refractivity contribution is 5.90. The zero-order valence-electron chi connectivity index (χ0n) is 18.1. The van der Waals surface area contributed by atoms with Gasteiger partial charge in [-0.1, -0.05) is 48.5 Å². The molecule has 5 heteroatoms. The second-order valence-electron chi connectivity index (χ2n) is 7.44. The number of rotatable bonds is 8. The van der Waals surface area contributed by atoms with E-state index in [0.717, 1.165) is 28.0 Å². The molecule has 0 fully saturated rings. The van der Waals surface area contributed by atoms with Crippen molar-refractivity contribution in [3.8, 4) is 17.6 Å². The molecular formula is C27H24N2O3. The molecule has 0 spiro atoms. The van der Waals surface area contributed by atoms with Crippen LogP contribution in [0.15, 0.2) is 82.2 Å². The summed E-state index contributed by atoms with van der Waals surface area (Å²) in [6, 6.07) is 26.0. The molecule has 0 aliphatic carbocycles. The summed E-state index contributed by atoms with van der Waals surface area (Å²) in [5.74, 6) is 1.55. The third kappa shape index (κ3) is 4.65. The Morgan fingerprint density at radius 2 is 1.72 bits per heavy atom. The average Bonchev–Trinajstić information content (AvgIpc) is 3.26. The number of furan rings is 1. The maximum atomic E-state index is 9.74. The molecule has 160 valence electrons. The van der Waals surface area contributed by atoms with E-state index in [9.17, 15) is 5.26 Å². The topological polar surface area (TPSA) is 67.8 Å². The van der Waals surface area contributed by atoms with Gasteiger partial charge in [-0.15, -0.1) is 0 Å². The Morgan fingerprint density at radius 3 is 2.38 bits per heavy atom. The molecule has 0 radical (unpaired) electrons. The number of benzene rings is 3. The van der Waals surface area contributed by atoms with E-state index in [1.807, 2.05) is 60.7 Å². The summed E-state index contributed by atoms with van der Waals surface area (Å²) in [7, 11) is 3.20. The van der Waals surface area contributed by atoms with E-state index in [1.165, 1.54) is 0 Å². The molecule has 0 bridgehead atoms. The van der Waals surface area contributed by atoms with Gasteiger partial charge < -0.3 is 13.9 Å². The van der Waals surface area contributed by atoms with Crippen LogP contribution in [0, 0.1) is 17.2 Å². The first kappa shape index (κ1) is 21.2. The van der Waals surface area contributed by atoms with Gasteiger partial charge >= 0.3 is 0 Å². The molecule has 5 nitrogen and oxygen atoms in total. The first-order chi connectivity index (χ1) is 15.7. The van der Waals surface area contributed by atoms with E-state index in [1.54, 1.807) is 20.4 Å². The lowest BCUT2D eigenvalue weighted by Crippen LogP contribution is -2.04. The second kappa shape index (κ2) is 9.84. The van der Waals surface area contributed by atoms with Gasteiger partial charge in [-0.2, -0.15) is 5.26 Å². The fourth-order valence-electron chi connectivity index (χ4n) is 3.72. The molecule has 0 amide bonds. The van der Waals surface area contributed by atoms with Crippen LogP contribution in [0.1, 0.15) is 16.9 Å². The third-order valence-corrected chi connectivity index (χ3v) is 5.28. The Hall–Kier alpha value is -4.04. The Labute approximate surface area is 187 Å². The van der Waals surface area contributed by atoms with Crippen LogP contribution in [0.25, 0.3) is 11.0 Å². The highest BCUT2D eigenvalue weighted by atomic mass is 16.5. The minimum atomic E-state index is -0.399. The van der Waals surface area contributed by atoms with Gasteiger partial charge in [-0.3, -0.25) is 4.99 Å². The van der Waals surface area contributed by atoms with E-state index in [0.29, 0.717) is 29.9 Å². The highest BCUT2D eigenvalue weighted by Gasteiger charge is 2.20. The molecule has 1 unspecified atom stereocenters. The van der Waals surface area contributed by atoms with Crippen LogP contribution in [0.2, 0.25) is 0 Å². The van der Waals surface area contributed by atoms with Crippen molar-refractivity contribution >= 4 is 22.9 Å². The van der Waals surface area contributed by atoms with Crippen LogP contribution in [-0.2, 0) is 12.8 Å². The highest BCUT2D eigenvalue weighted by Crippen LogP contribution is 2.40. The molecule has 1 atom stereocenters. The summed E-state index contributed by atoms with van der Waals surface area (Å²) in [5.41, 5.74) is 3.55. The van der Waals surface area contributed by atoms with Gasteiger partial charge in [0.05, 0.1) is 31.9 Å². The predicted octanol–water partition coefficient (Wildman–Crippen LogP) is 6.13. The van der Waals surface area contributed by atoms with Crippen LogP contribution in [0.4, 0.5) is 5.69 Å². The molecule has 0 N–H and O–H groups in total. The minimum absolute atomic E-state index is 0.399. The summed E-state index contributed by atoms with van der Waals surface area (Å²) in [4.78, 5) is 4.46. The zero-order valence-corrected chi connectivity index (χ0v) is 18.1. The lowest BCUT2D eigenvalue weighted by atomic mass is 9.97. The third-order valence-electron chi connectivity index (χ3n) is 5.28. The Bertz CT molecular complexity index is 1260. The van der Waals surface area contributed by atoms with Crippen LogP contribution in [0.3, 0.4) is 0 Å². The first-order valence-electron chi connectivity index (χ1n) is 10.4. The second-order valence-corrected chi connectivity index (χ2v) is 7.44. The van der Waals surface area contributed by atoms with Gasteiger partial charge in [0.25, 0.3) is 0 Å². The average molecular weight is 425 g/mol. The molecule has 32 heavy (non-hydrogen) atoms. The molecule has 0 saturated carbocycles. The van der Waals surface area contributed by atoms with Crippen molar-refractivity contribution in [2.45, 2.75) is 12.8 Å². The molecule has 4 rings (SSSR count). The smallest absolute Gasteiger partial charge is 0.204 e. The van der Waals surface area contributed by atoms with Crippen molar-refractivity contribution in [3.63, 3.8) is 0 Å². The fourth-order valence-corrected chi connectivity index (χ4v) is 3.72. The standard InChI is InChI=1S/C27H24N2O3/c1-30-25-15-21(13-20(17-28)18-29-22-11-7-4-8-12-22)24-16-23(32-26(24)27(25)31-2)14-19-9-5-3-6-10-19/h3-12,15-16,18,20H,13-14H2,1-2H3. The SMILES string of the molecule is COc1cc(CC(C#N)C=Nc2ccccc2)c2cc(Cc3ccccc3)oc2c1OC. The number of nitrogens with zero attached hydrogens (tertiary/aromatic N) is 2. The van der Waals surface area contributed by atoms with Crippen molar-refractivity contribution in [3.05, 3.63) is 89.7 Å². The van der Waals surface area contributed by atoms with Gasteiger partial charge in [-0.05, 0) is 41.8 Å². The van der Waals surface area contributed by atoms with E-state index in [-0.39, 0.29) is 0 Å². The summed E-state index contributed by atoms with van der Waals surface area (Å²) >= 11 is 0. The lowest BCUT2D eigenvalue weighted by molar-refractivity contribution is 0.352. The number of fused-ring (bicyclic) bond motifs is 1. The Kier molecular flexibility index (Phi) is 6.52. The van der Waals surface area contributed by atoms with Crippen molar-refractivity contribution in [1.82, 2.24) is 0 Å². The van der Waals surface area contributed by atoms with E-state index in [4.69, 9.17) is 13.9 Å². The normalized spacial score (nSPS) is 12.0. The maximum Gasteiger partial charge on any atom is 0.204 e. The maximum absolute atomic E-state index is 9.74. The fraction of sp³-hybridized carbons (Fsp3) is 0.185. The van der Waals surface area contributed by atoms with Crippen molar-refractivity contribution in [1.29, 1.82) is 5.26 Å². The molecule has 1 aromatic heterocycles. The van der Waals surface area contributed by atoms with E-state index < -0.39 is 5.92 Å². The molecular weight excluding hydrogens is 400 g/mol. The van der Waals surface area contributed by atoms with Crippen molar-refractivity contribution < 1.29 is 13.9 Å². The summed E-state index contributed by atoms with van der Waals surface area (Å²) in [5, 5.41) is 10.7. The molecule has 0 aliphatic rings. The number of ether oxygens (including phenoxy) is 2. The predicted molar refractivity (Wildman–Crippen MR) is 126 cm³/mol. The number of hydrogen-bond acceptors (Lipinski definition) is 5. The number of aliphatic imine (C=N–C) groups is 1. The Morgan fingerprint density at radius 1 is 1.00 bits per heavy atom. The quantitative estimate of drug-likeness (QED) is 0.319. The van der Waals surface area contributed by atoms with Gasteiger partial charge in [-0.25, -0.2) is 0 Å². The number of nitriles is 1. The molecule has 4 aromatic rings. The number of hydrogen-bond donors (Lipinski definition) is 0. The van der Waals surface area contributed by atoms with Crippen molar-refractivity contribution in [2.24, 2.45) is 10.9 Å². The molecule has 1 heterocycles. The molecule has 3 aromatic carbocycles. The summed E-state index contributed by atoms with van der Waals surface area (Å²) < 4.78 is 17.4. The van der Waals surface area contributed by atoms with Gasteiger partial charge in [0.15, 0.2) is 11.3 Å². The van der Waals surface area contributed by atoms with E-state index >= 15 is 0 Å². The van der Waals surface area contributed by atoms with Gasteiger partial charge in [0, 0.05) is 18.0 Å². The zero-order chi connectivity index (χ0) is 22.3. The number of para-hydroxylation sites is 1. The minimum Gasteiger partial charge on any atom is -0.493 e. The molecule has 0 aliphatic heterocycles. The van der Waals surface area contributed by atoms with Crippen LogP contribution in [0.5, 0.6) is 11.5 Å². The summed E-state index contributed by atoms with van der Waals surface area (Å²) in [6.07, 6.45) is 2.84. The van der Waals surface area contributed by atoms with E-state index in [2.05, 4.69) is 23.2 Å². The monoisotopic (exact) mass is 424 g/mol.